The molecule has 0 saturated carbocycles. The maximum Gasteiger partial charge on any atom is 0.408 e. The second kappa shape index (κ2) is 9.77. The van der Waals surface area contributed by atoms with Crippen molar-refractivity contribution in [2.45, 2.75) is 38.8 Å². The number of aliphatic hydroxyl groups is 1. The van der Waals surface area contributed by atoms with Crippen LogP contribution in [0, 0.1) is 40.4 Å². The highest BCUT2D eigenvalue weighted by Crippen LogP contribution is 2.31. The number of aliphatic hydroxyl groups excluding tert-OH is 1. The zero-order chi connectivity index (χ0) is 25.1. The first-order valence-electron chi connectivity index (χ1n) is 9.39. The smallest absolute Gasteiger partial charge is 0.408 e. The second-order valence-electron chi connectivity index (χ2n) is 7.89. The number of aromatic hydroxyl groups is 1. The van der Waals surface area contributed by atoms with Gasteiger partial charge in [-0.3, -0.25) is 0 Å². The number of nitrogens with one attached hydrogen (secondary N) is 1. The Balaban J connectivity index is 2.63. The Morgan fingerprint density at radius 2 is 1.52 bits per heavy atom. The third-order valence-electron chi connectivity index (χ3n) is 4.22. The molecule has 0 spiro atoms. The predicted molar refractivity (Wildman–Crippen MR) is 106 cm³/mol. The molecular weight excluding hydrogens is 451 g/mol. The molecule has 0 saturated heterocycles. The van der Waals surface area contributed by atoms with Crippen molar-refractivity contribution in [1.29, 1.82) is 5.26 Å². The number of benzene rings is 2. The quantitative estimate of drug-likeness (QED) is 0.187. The topological polar surface area (TPSA) is 103 Å². The highest BCUT2D eigenvalue weighted by Gasteiger charge is 2.32. The number of nitriles is 1. The molecule has 0 fully saturated rings. The van der Waals surface area contributed by atoms with E-state index in [0.29, 0.717) is 5.56 Å². The van der Waals surface area contributed by atoms with Gasteiger partial charge in [-0.25, -0.2) is 26.7 Å². The number of phenolic OH excluding ortho intramolecular Hbond substituents is 1. The Morgan fingerprint density at radius 1 is 1.03 bits per heavy atom. The van der Waals surface area contributed by atoms with E-state index < -0.39 is 63.7 Å². The van der Waals surface area contributed by atoms with Crippen LogP contribution in [0.4, 0.5) is 26.7 Å². The average molecular weight is 470 g/mol. The Labute approximate surface area is 185 Å². The van der Waals surface area contributed by atoms with Gasteiger partial charge in [-0.1, -0.05) is 12.1 Å². The Bertz CT molecular complexity index is 1110. The summed E-state index contributed by atoms with van der Waals surface area (Å²) in [6.07, 6.45) is -1.39. The summed E-state index contributed by atoms with van der Waals surface area (Å²) in [5.74, 6) is -13.0. The molecule has 0 bridgehead atoms. The van der Waals surface area contributed by atoms with Gasteiger partial charge in [0.2, 0.25) is 5.82 Å². The van der Waals surface area contributed by atoms with E-state index in [-0.39, 0.29) is 12.2 Å². The van der Waals surface area contributed by atoms with Crippen LogP contribution in [0.15, 0.2) is 30.0 Å². The van der Waals surface area contributed by atoms with E-state index in [1.165, 1.54) is 51.1 Å². The number of amides is 1. The van der Waals surface area contributed by atoms with Gasteiger partial charge in [0.1, 0.15) is 28.8 Å². The molecule has 3 N–H and O–H groups in total. The van der Waals surface area contributed by atoms with E-state index in [0.717, 1.165) is 0 Å². The van der Waals surface area contributed by atoms with Gasteiger partial charge in [-0.2, -0.15) is 5.26 Å². The summed E-state index contributed by atoms with van der Waals surface area (Å²) in [6, 6.07) is 4.98. The summed E-state index contributed by atoms with van der Waals surface area (Å²) >= 11 is 0. The molecular formula is C22H19F5N2O4. The molecule has 176 valence electrons. The number of carbonyl (C=O) groups excluding carboxylic acids is 1. The van der Waals surface area contributed by atoms with E-state index in [9.17, 15) is 42.2 Å². The van der Waals surface area contributed by atoms with Crippen molar-refractivity contribution in [2.24, 2.45) is 0 Å². The van der Waals surface area contributed by atoms with Crippen molar-refractivity contribution in [3.8, 4) is 11.8 Å². The number of hydrogen-bond donors (Lipinski definition) is 3. The van der Waals surface area contributed by atoms with Crippen LogP contribution in [0.5, 0.6) is 5.75 Å². The molecule has 0 unspecified atom stereocenters. The number of halogens is 5. The minimum absolute atomic E-state index is 0.103. The molecule has 0 aromatic heterocycles. The molecule has 2 aromatic carbocycles. The van der Waals surface area contributed by atoms with Crippen LogP contribution in [-0.2, 0) is 11.2 Å². The fraction of sp³-hybridized carbons (Fsp3) is 0.273. The summed E-state index contributed by atoms with van der Waals surface area (Å²) in [4.78, 5) is 12.2. The molecule has 0 heterocycles. The second-order valence-corrected chi connectivity index (χ2v) is 7.89. The standard InChI is InChI=1S/C22H19F5N2O4/c1-22(2,3)33-21(32)29-13(8-10-4-6-11(30)7-5-10)20(31)12(9-28)14-15(23)17(25)19(27)18(26)16(14)24/h4-7,13,30-31H,8H2,1-3H3,(H,29,32)/b20-12+/t13-/m0/s1. The van der Waals surface area contributed by atoms with Crippen LogP contribution in [0.3, 0.4) is 0 Å². The van der Waals surface area contributed by atoms with Gasteiger partial charge in [0.05, 0.1) is 11.6 Å². The van der Waals surface area contributed by atoms with Gasteiger partial charge in [0, 0.05) is 6.42 Å². The van der Waals surface area contributed by atoms with Crippen LogP contribution >= 0.6 is 0 Å². The lowest BCUT2D eigenvalue weighted by Crippen LogP contribution is -2.41. The summed E-state index contributed by atoms with van der Waals surface area (Å²) in [5.41, 5.74) is -3.53. The molecule has 0 aliphatic heterocycles. The first-order chi connectivity index (χ1) is 15.3. The molecule has 11 heteroatoms. The van der Waals surface area contributed by atoms with Crippen molar-refractivity contribution >= 4 is 11.7 Å². The number of phenols is 1. The van der Waals surface area contributed by atoms with Crippen molar-refractivity contribution < 1.29 is 41.7 Å². The fourth-order valence-corrected chi connectivity index (χ4v) is 2.77. The van der Waals surface area contributed by atoms with Crippen molar-refractivity contribution in [2.75, 3.05) is 0 Å². The van der Waals surface area contributed by atoms with E-state index in [4.69, 9.17) is 4.74 Å². The monoisotopic (exact) mass is 470 g/mol. The highest BCUT2D eigenvalue weighted by molar-refractivity contribution is 5.80. The number of hydrogen-bond acceptors (Lipinski definition) is 5. The van der Waals surface area contributed by atoms with Crippen LogP contribution in [-0.4, -0.2) is 27.9 Å². The van der Waals surface area contributed by atoms with Crippen LogP contribution in [0.25, 0.3) is 5.57 Å². The molecule has 2 aromatic rings. The number of alkyl carbamates (subject to hydrolysis) is 1. The zero-order valence-corrected chi connectivity index (χ0v) is 17.6. The maximum atomic E-state index is 14.3. The predicted octanol–water partition coefficient (Wildman–Crippen LogP) is 5.02. The largest absolute Gasteiger partial charge is 0.509 e. The first kappa shape index (κ1) is 25.5. The van der Waals surface area contributed by atoms with Gasteiger partial charge in [0.15, 0.2) is 23.3 Å². The third kappa shape index (κ3) is 5.91. The van der Waals surface area contributed by atoms with Crippen molar-refractivity contribution in [3.63, 3.8) is 0 Å². The first-order valence-corrected chi connectivity index (χ1v) is 9.39. The zero-order valence-electron chi connectivity index (χ0n) is 17.6. The molecule has 2 rings (SSSR count). The lowest BCUT2D eigenvalue weighted by molar-refractivity contribution is 0.0501. The number of rotatable bonds is 5. The van der Waals surface area contributed by atoms with Gasteiger partial charge < -0.3 is 20.3 Å². The highest BCUT2D eigenvalue weighted by atomic mass is 19.2. The van der Waals surface area contributed by atoms with E-state index in [1.807, 2.05) is 0 Å². The van der Waals surface area contributed by atoms with Gasteiger partial charge >= 0.3 is 6.09 Å². The summed E-state index contributed by atoms with van der Waals surface area (Å²) in [6.45, 7) is 4.60. The summed E-state index contributed by atoms with van der Waals surface area (Å²) < 4.78 is 74.3. The number of nitrogens with zero attached hydrogens (tertiary/aromatic N) is 1. The van der Waals surface area contributed by atoms with E-state index in [1.54, 1.807) is 0 Å². The SMILES string of the molecule is CC(C)(C)OC(=O)N[C@@H](Cc1ccc(O)cc1)/C(O)=C(/C#N)c1c(F)c(F)c(F)c(F)c1F. The molecule has 33 heavy (non-hydrogen) atoms. The van der Waals surface area contributed by atoms with Gasteiger partial charge in [-0.05, 0) is 38.5 Å². The number of ether oxygens (including phenoxy) is 1. The van der Waals surface area contributed by atoms with Crippen molar-refractivity contribution in [1.82, 2.24) is 5.32 Å². The lowest BCUT2D eigenvalue weighted by Gasteiger charge is -2.24. The Hall–Kier alpha value is -3.81. The van der Waals surface area contributed by atoms with Crippen LogP contribution in [0.1, 0.15) is 31.9 Å². The third-order valence-corrected chi connectivity index (χ3v) is 4.22. The number of carbonyl (C=O) groups is 1. The average Bonchev–Trinajstić information content (AvgIpc) is 2.73. The Kier molecular flexibility index (Phi) is 7.53. The minimum Gasteiger partial charge on any atom is -0.509 e. The molecule has 0 aliphatic carbocycles. The van der Waals surface area contributed by atoms with E-state index >= 15 is 0 Å². The van der Waals surface area contributed by atoms with Crippen LogP contribution < -0.4 is 5.32 Å². The normalized spacial score (nSPS) is 13.1. The fourth-order valence-electron chi connectivity index (χ4n) is 2.77. The van der Waals surface area contributed by atoms with Gasteiger partial charge in [-0.15, -0.1) is 0 Å². The van der Waals surface area contributed by atoms with E-state index in [2.05, 4.69) is 5.32 Å². The molecule has 1 atom stereocenters. The minimum atomic E-state index is -2.43. The summed E-state index contributed by atoms with van der Waals surface area (Å²) in [7, 11) is 0. The van der Waals surface area contributed by atoms with Crippen molar-refractivity contribution in [3.05, 3.63) is 70.2 Å². The summed E-state index contributed by atoms with van der Waals surface area (Å²) in [5, 5.41) is 31.7. The molecule has 1 amide bonds. The van der Waals surface area contributed by atoms with Gasteiger partial charge in [0.25, 0.3) is 0 Å². The Morgan fingerprint density at radius 3 is 1.97 bits per heavy atom. The van der Waals surface area contributed by atoms with Crippen LogP contribution in [0.2, 0.25) is 0 Å². The molecule has 0 aliphatic rings. The lowest BCUT2D eigenvalue weighted by atomic mass is 9.97. The maximum absolute atomic E-state index is 14.3. The number of allylic oxidation sites excluding steroid dienone is 1. The molecule has 0 radical (unpaired) electrons. The molecule has 6 nitrogen and oxygen atoms in total.